The highest BCUT2D eigenvalue weighted by Crippen LogP contribution is 2.17. The van der Waals surface area contributed by atoms with Gasteiger partial charge in [0.05, 0.1) is 0 Å². The minimum absolute atomic E-state index is 0.0401. The van der Waals surface area contributed by atoms with Gasteiger partial charge in [0, 0.05) is 23.3 Å². The number of rotatable bonds is 7. The number of nitrogens with two attached hydrogens (primary N) is 1. The average Bonchev–Trinajstić information content (AvgIpc) is 2.38. The Bertz CT molecular complexity index is 443. The summed E-state index contributed by atoms with van der Waals surface area (Å²) < 4.78 is 0. The van der Waals surface area contributed by atoms with E-state index in [-0.39, 0.29) is 11.4 Å². The van der Waals surface area contributed by atoms with Gasteiger partial charge in [-0.05, 0) is 58.5 Å². The van der Waals surface area contributed by atoms with E-state index in [9.17, 15) is 4.79 Å². The van der Waals surface area contributed by atoms with Crippen molar-refractivity contribution < 1.29 is 4.79 Å². The summed E-state index contributed by atoms with van der Waals surface area (Å²) in [5, 5.41) is 2.87. The van der Waals surface area contributed by atoms with Gasteiger partial charge in [-0.15, -0.1) is 0 Å². The van der Waals surface area contributed by atoms with E-state index >= 15 is 0 Å². The molecule has 0 radical (unpaired) electrons. The second-order valence-corrected chi connectivity index (χ2v) is 5.86. The Morgan fingerprint density at radius 1 is 1.40 bits per heavy atom. The molecule has 1 amide bonds. The summed E-state index contributed by atoms with van der Waals surface area (Å²) >= 11 is 0. The highest BCUT2D eigenvalue weighted by atomic mass is 16.1. The number of amides is 1. The maximum Gasteiger partial charge on any atom is 0.224 e. The Balaban J connectivity index is 2.34. The van der Waals surface area contributed by atoms with Crippen LogP contribution in [-0.2, 0) is 4.79 Å². The van der Waals surface area contributed by atoms with Crippen molar-refractivity contribution in [3.63, 3.8) is 0 Å². The zero-order chi connectivity index (χ0) is 15.2. The molecule has 0 saturated heterocycles. The van der Waals surface area contributed by atoms with E-state index < -0.39 is 0 Å². The number of carbonyl (C=O) groups excluding carboxylic acids is 1. The lowest BCUT2D eigenvalue weighted by atomic mass is 10.00. The zero-order valence-corrected chi connectivity index (χ0v) is 13.1. The third-order valence-electron chi connectivity index (χ3n) is 3.97. The van der Waals surface area contributed by atoms with Gasteiger partial charge in [0.1, 0.15) is 0 Å². The van der Waals surface area contributed by atoms with Crippen LogP contribution < -0.4 is 11.1 Å². The van der Waals surface area contributed by atoms with E-state index in [1.165, 1.54) is 0 Å². The molecule has 4 nitrogen and oxygen atoms in total. The lowest BCUT2D eigenvalue weighted by Gasteiger charge is -2.34. The Hall–Kier alpha value is -1.55. The predicted octanol–water partition coefficient (Wildman–Crippen LogP) is 3.11. The Labute approximate surface area is 122 Å². The number of nitrogens with one attached hydrogen (secondary N) is 1. The summed E-state index contributed by atoms with van der Waals surface area (Å²) in [7, 11) is 2.11. The van der Waals surface area contributed by atoms with Crippen molar-refractivity contribution in [2.24, 2.45) is 0 Å². The molecule has 1 rings (SSSR count). The average molecular weight is 277 g/mol. The lowest BCUT2D eigenvalue weighted by molar-refractivity contribution is -0.116. The normalized spacial score (nSPS) is 11.7. The number of nitrogens with zero attached hydrogens (tertiary/aromatic N) is 1. The molecule has 0 unspecified atom stereocenters. The minimum Gasteiger partial charge on any atom is -0.399 e. The standard InChI is InChI=1S/C16H27N3O/c1-5-16(2,3)19(4)11-7-10-15(20)18-14-9-6-8-13(17)12-14/h6,8-9,12H,5,7,10-11,17H2,1-4H3,(H,18,20). The maximum absolute atomic E-state index is 11.9. The van der Waals surface area contributed by atoms with Gasteiger partial charge < -0.3 is 16.0 Å². The van der Waals surface area contributed by atoms with Crippen LogP contribution in [0.2, 0.25) is 0 Å². The highest BCUT2D eigenvalue weighted by Gasteiger charge is 2.20. The number of hydrogen-bond acceptors (Lipinski definition) is 3. The van der Waals surface area contributed by atoms with E-state index in [2.05, 4.69) is 38.0 Å². The fraction of sp³-hybridized carbons (Fsp3) is 0.562. The molecule has 0 aliphatic rings. The van der Waals surface area contributed by atoms with Crippen LogP contribution in [0.15, 0.2) is 24.3 Å². The SMILES string of the molecule is CCC(C)(C)N(C)CCCC(=O)Nc1cccc(N)c1. The van der Waals surface area contributed by atoms with Crippen LogP contribution in [0.3, 0.4) is 0 Å². The molecule has 1 aromatic carbocycles. The summed E-state index contributed by atoms with van der Waals surface area (Å²) in [5.74, 6) is 0.0401. The van der Waals surface area contributed by atoms with Crippen molar-refractivity contribution in [2.75, 3.05) is 24.6 Å². The van der Waals surface area contributed by atoms with Gasteiger partial charge in [0.15, 0.2) is 0 Å². The molecule has 0 aliphatic carbocycles. The van der Waals surface area contributed by atoms with E-state index in [0.29, 0.717) is 12.1 Å². The molecule has 0 fully saturated rings. The summed E-state index contributed by atoms with van der Waals surface area (Å²) in [6, 6.07) is 7.25. The molecule has 0 bridgehead atoms. The van der Waals surface area contributed by atoms with Gasteiger partial charge in [0.25, 0.3) is 0 Å². The third kappa shape index (κ3) is 5.21. The van der Waals surface area contributed by atoms with Gasteiger partial charge in [-0.25, -0.2) is 0 Å². The summed E-state index contributed by atoms with van der Waals surface area (Å²) in [4.78, 5) is 14.2. The lowest BCUT2D eigenvalue weighted by Crippen LogP contribution is -2.41. The van der Waals surface area contributed by atoms with E-state index in [1.807, 2.05) is 12.1 Å². The van der Waals surface area contributed by atoms with Crippen LogP contribution >= 0.6 is 0 Å². The summed E-state index contributed by atoms with van der Waals surface area (Å²) in [6.45, 7) is 7.55. The summed E-state index contributed by atoms with van der Waals surface area (Å²) in [5.41, 5.74) is 7.29. The van der Waals surface area contributed by atoms with Gasteiger partial charge >= 0.3 is 0 Å². The zero-order valence-electron chi connectivity index (χ0n) is 13.1. The monoisotopic (exact) mass is 277 g/mol. The number of nitrogen functional groups attached to an aromatic ring is 1. The van der Waals surface area contributed by atoms with Gasteiger partial charge in [-0.1, -0.05) is 13.0 Å². The molecule has 20 heavy (non-hydrogen) atoms. The van der Waals surface area contributed by atoms with Gasteiger partial charge in [-0.2, -0.15) is 0 Å². The smallest absolute Gasteiger partial charge is 0.224 e. The van der Waals surface area contributed by atoms with E-state index in [4.69, 9.17) is 5.73 Å². The Morgan fingerprint density at radius 3 is 2.70 bits per heavy atom. The van der Waals surface area contributed by atoms with Crippen molar-refractivity contribution in [3.05, 3.63) is 24.3 Å². The molecule has 0 spiro atoms. The molecule has 4 heteroatoms. The maximum atomic E-state index is 11.9. The van der Waals surface area contributed by atoms with Crippen LogP contribution in [0.4, 0.5) is 11.4 Å². The Morgan fingerprint density at radius 2 is 2.10 bits per heavy atom. The molecule has 0 heterocycles. The molecule has 1 aromatic rings. The minimum atomic E-state index is 0.0401. The molecule has 112 valence electrons. The number of anilines is 2. The van der Waals surface area contributed by atoms with E-state index in [0.717, 1.165) is 25.1 Å². The molecular formula is C16H27N3O. The van der Waals surface area contributed by atoms with Crippen LogP contribution in [0, 0.1) is 0 Å². The van der Waals surface area contributed by atoms with Crippen molar-refractivity contribution in [2.45, 2.75) is 45.6 Å². The second kappa shape index (κ2) is 7.29. The van der Waals surface area contributed by atoms with Crippen molar-refractivity contribution in [1.82, 2.24) is 4.90 Å². The fourth-order valence-corrected chi connectivity index (χ4v) is 1.89. The van der Waals surface area contributed by atoms with Crippen LogP contribution in [-0.4, -0.2) is 29.9 Å². The van der Waals surface area contributed by atoms with Crippen molar-refractivity contribution >= 4 is 17.3 Å². The molecular weight excluding hydrogens is 250 g/mol. The van der Waals surface area contributed by atoms with E-state index in [1.54, 1.807) is 12.1 Å². The second-order valence-electron chi connectivity index (χ2n) is 5.86. The first kappa shape index (κ1) is 16.5. The predicted molar refractivity (Wildman–Crippen MR) is 85.7 cm³/mol. The van der Waals surface area contributed by atoms with Crippen LogP contribution in [0.25, 0.3) is 0 Å². The fourth-order valence-electron chi connectivity index (χ4n) is 1.89. The quantitative estimate of drug-likeness (QED) is 0.753. The summed E-state index contributed by atoms with van der Waals surface area (Å²) in [6.07, 6.45) is 2.48. The van der Waals surface area contributed by atoms with Crippen molar-refractivity contribution in [1.29, 1.82) is 0 Å². The van der Waals surface area contributed by atoms with Gasteiger partial charge in [-0.3, -0.25) is 4.79 Å². The van der Waals surface area contributed by atoms with Crippen LogP contribution in [0.5, 0.6) is 0 Å². The first-order chi connectivity index (χ1) is 9.35. The Kier molecular flexibility index (Phi) is 6.02. The first-order valence-corrected chi connectivity index (χ1v) is 7.22. The highest BCUT2D eigenvalue weighted by molar-refractivity contribution is 5.91. The topological polar surface area (TPSA) is 58.4 Å². The number of carbonyl (C=O) groups is 1. The molecule has 0 aliphatic heterocycles. The van der Waals surface area contributed by atoms with Gasteiger partial charge in [0.2, 0.25) is 5.91 Å². The molecule has 0 saturated carbocycles. The molecule has 0 aromatic heterocycles. The molecule has 0 atom stereocenters. The number of benzene rings is 1. The number of hydrogen-bond donors (Lipinski definition) is 2. The third-order valence-corrected chi connectivity index (χ3v) is 3.97. The largest absolute Gasteiger partial charge is 0.399 e. The first-order valence-electron chi connectivity index (χ1n) is 7.22. The molecule has 3 N–H and O–H groups in total. The van der Waals surface area contributed by atoms with Crippen molar-refractivity contribution in [3.8, 4) is 0 Å². The van der Waals surface area contributed by atoms with Crippen LogP contribution in [0.1, 0.15) is 40.0 Å².